The molecule has 3 rings (SSSR count). The molecule has 2 fully saturated rings. The van der Waals surface area contributed by atoms with E-state index >= 15 is 0 Å². The number of nitrogens with one attached hydrogen (secondary N) is 1. The number of piperazine rings is 1. The first-order valence-electron chi connectivity index (χ1n) is 8.62. The van der Waals surface area contributed by atoms with Crippen LogP contribution in [-0.2, 0) is 6.54 Å². The van der Waals surface area contributed by atoms with Crippen molar-refractivity contribution in [3.63, 3.8) is 0 Å². The lowest BCUT2D eigenvalue weighted by atomic mass is 10.1. The second-order valence-electron chi connectivity index (χ2n) is 6.54. The first kappa shape index (κ1) is 14.9. The lowest BCUT2D eigenvalue weighted by molar-refractivity contribution is 0.248. The highest BCUT2D eigenvalue weighted by molar-refractivity contribution is 5.54. The third-order valence-corrected chi connectivity index (χ3v) is 4.66. The van der Waals surface area contributed by atoms with Gasteiger partial charge in [-0.15, -0.1) is 0 Å². The average Bonchev–Trinajstić information content (AvgIpc) is 3.33. The van der Waals surface area contributed by atoms with E-state index in [0.717, 1.165) is 19.0 Å². The van der Waals surface area contributed by atoms with Crippen LogP contribution < -0.4 is 10.2 Å². The largest absolute Gasteiger partial charge is 0.369 e. The normalized spacial score (nSPS) is 20.0. The van der Waals surface area contributed by atoms with E-state index in [4.69, 9.17) is 0 Å². The van der Waals surface area contributed by atoms with E-state index in [9.17, 15) is 0 Å². The van der Waals surface area contributed by atoms with Crippen LogP contribution in [0.1, 0.15) is 31.7 Å². The van der Waals surface area contributed by atoms with Gasteiger partial charge < -0.3 is 10.2 Å². The standard InChI is InChI=1S/C18H29N3/c1-2-9-19-14-17-5-3-4-6-18(17)21-12-10-20(11-13-21)15-16-7-8-16/h3-6,16,19H,2,7-15H2,1H3. The summed E-state index contributed by atoms with van der Waals surface area (Å²) < 4.78 is 0. The molecular weight excluding hydrogens is 258 g/mol. The molecule has 1 heterocycles. The molecule has 0 aromatic heterocycles. The molecule has 21 heavy (non-hydrogen) atoms. The summed E-state index contributed by atoms with van der Waals surface area (Å²) in [6.07, 6.45) is 4.13. The molecule has 0 bridgehead atoms. The van der Waals surface area contributed by atoms with Crippen molar-refractivity contribution in [2.75, 3.05) is 44.2 Å². The van der Waals surface area contributed by atoms with Crippen molar-refractivity contribution in [3.05, 3.63) is 29.8 Å². The van der Waals surface area contributed by atoms with Crippen molar-refractivity contribution in [3.8, 4) is 0 Å². The summed E-state index contributed by atoms with van der Waals surface area (Å²) in [4.78, 5) is 5.23. The van der Waals surface area contributed by atoms with E-state index in [2.05, 4.69) is 46.3 Å². The number of benzene rings is 1. The minimum absolute atomic E-state index is 0.992. The van der Waals surface area contributed by atoms with Crippen LogP contribution in [0.2, 0.25) is 0 Å². The molecule has 3 heteroatoms. The molecule has 1 aliphatic heterocycles. The smallest absolute Gasteiger partial charge is 0.0412 e. The van der Waals surface area contributed by atoms with Crippen LogP contribution >= 0.6 is 0 Å². The van der Waals surface area contributed by atoms with E-state index in [1.165, 1.54) is 63.2 Å². The molecule has 1 aromatic carbocycles. The summed E-state index contributed by atoms with van der Waals surface area (Å²) in [7, 11) is 0. The van der Waals surface area contributed by atoms with Gasteiger partial charge in [-0.05, 0) is 43.4 Å². The highest BCUT2D eigenvalue weighted by atomic mass is 15.3. The summed E-state index contributed by atoms with van der Waals surface area (Å²) in [5.41, 5.74) is 2.88. The summed E-state index contributed by atoms with van der Waals surface area (Å²) in [6, 6.07) is 8.90. The van der Waals surface area contributed by atoms with Crippen molar-refractivity contribution in [2.45, 2.75) is 32.7 Å². The third kappa shape index (κ3) is 4.21. The van der Waals surface area contributed by atoms with Gasteiger partial charge in [0.05, 0.1) is 0 Å². The number of rotatable bonds is 7. The highest BCUT2D eigenvalue weighted by Gasteiger charge is 2.26. The van der Waals surface area contributed by atoms with Gasteiger partial charge in [-0.1, -0.05) is 25.1 Å². The monoisotopic (exact) mass is 287 g/mol. The second-order valence-corrected chi connectivity index (χ2v) is 6.54. The van der Waals surface area contributed by atoms with Gasteiger partial charge in [0, 0.05) is 45.0 Å². The van der Waals surface area contributed by atoms with E-state index in [0.29, 0.717) is 0 Å². The van der Waals surface area contributed by atoms with Crippen LogP contribution in [0.15, 0.2) is 24.3 Å². The lowest BCUT2D eigenvalue weighted by Gasteiger charge is -2.37. The maximum Gasteiger partial charge on any atom is 0.0412 e. The van der Waals surface area contributed by atoms with Gasteiger partial charge in [0.2, 0.25) is 0 Å². The number of hydrogen-bond donors (Lipinski definition) is 1. The Kier molecular flexibility index (Phi) is 5.15. The predicted molar refractivity (Wildman–Crippen MR) is 89.8 cm³/mol. The van der Waals surface area contributed by atoms with Crippen LogP contribution in [0, 0.1) is 5.92 Å². The number of anilines is 1. The topological polar surface area (TPSA) is 18.5 Å². The zero-order valence-electron chi connectivity index (χ0n) is 13.4. The minimum Gasteiger partial charge on any atom is -0.369 e. The van der Waals surface area contributed by atoms with E-state index < -0.39 is 0 Å². The molecule has 0 unspecified atom stereocenters. The molecule has 2 aliphatic rings. The second kappa shape index (κ2) is 7.28. The Hall–Kier alpha value is -1.06. The maximum atomic E-state index is 3.54. The van der Waals surface area contributed by atoms with Crippen LogP contribution in [-0.4, -0.2) is 44.2 Å². The van der Waals surface area contributed by atoms with Crippen LogP contribution in [0.3, 0.4) is 0 Å². The number of hydrogen-bond acceptors (Lipinski definition) is 3. The van der Waals surface area contributed by atoms with Crippen molar-refractivity contribution in [2.24, 2.45) is 5.92 Å². The molecule has 1 N–H and O–H groups in total. The molecule has 3 nitrogen and oxygen atoms in total. The van der Waals surface area contributed by atoms with Gasteiger partial charge in [-0.25, -0.2) is 0 Å². The fourth-order valence-corrected chi connectivity index (χ4v) is 3.21. The molecule has 0 spiro atoms. The van der Waals surface area contributed by atoms with Gasteiger partial charge in [-0.2, -0.15) is 0 Å². The zero-order valence-corrected chi connectivity index (χ0v) is 13.4. The van der Waals surface area contributed by atoms with Crippen molar-refractivity contribution in [1.29, 1.82) is 0 Å². The van der Waals surface area contributed by atoms with Gasteiger partial charge in [-0.3, -0.25) is 4.90 Å². The van der Waals surface area contributed by atoms with Gasteiger partial charge in [0.1, 0.15) is 0 Å². The number of nitrogens with zero attached hydrogens (tertiary/aromatic N) is 2. The molecule has 1 aromatic rings. The van der Waals surface area contributed by atoms with Gasteiger partial charge in [0.25, 0.3) is 0 Å². The number of para-hydroxylation sites is 1. The summed E-state index contributed by atoms with van der Waals surface area (Å²) in [5.74, 6) is 1.02. The summed E-state index contributed by atoms with van der Waals surface area (Å²) in [6.45, 7) is 10.5. The molecule has 0 radical (unpaired) electrons. The summed E-state index contributed by atoms with van der Waals surface area (Å²) in [5, 5.41) is 3.54. The third-order valence-electron chi connectivity index (χ3n) is 4.66. The van der Waals surface area contributed by atoms with Crippen molar-refractivity contribution in [1.82, 2.24) is 10.2 Å². The van der Waals surface area contributed by atoms with E-state index in [1.54, 1.807) is 0 Å². The van der Waals surface area contributed by atoms with Crippen LogP contribution in [0.5, 0.6) is 0 Å². The Bertz CT molecular complexity index is 434. The fraction of sp³-hybridized carbons (Fsp3) is 0.667. The molecule has 0 amide bonds. The summed E-state index contributed by atoms with van der Waals surface area (Å²) >= 11 is 0. The Balaban J connectivity index is 1.56. The average molecular weight is 287 g/mol. The van der Waals surface area contributed by atoms with Crippen LogP contribution in [0.4, 0.5) is 5.69 Å². The molecule has 1 saturated heterocycles. The maximum absolute atomic E-state index is 3.54. The molecule has 0 atom stereocenters. The Morgan fingerprint density at radius 1 is 1.10 bits per heavy atom. The molecule has 1 saturated carbocycles. The van der Waals surface area contributed by atoms with Crippen molar-refractivity contribution < 1.29 is 0 Å². The first-order chi connectivity index (χ1) is 10.4. The molecule has 1 aliphatic carbocycles. The quantitative estimate of drug-likeness (QED) is 0.778. The van der Waals surface area contributed by atoms with Gasteiger partial charge >= 0.3 is 0 Å². The Labute approximate surface area is 129 Å². The van der Waals surface area contributed by atoms with Crippen LogP contribution in [0.25, 0.3) is 0 Å². The minimum atomic E-state index is 0.992. The predicted octanol–water partition coefficient (Wildman–Crippen LogP) is 2.72. The fourth-order valence-electron chi connectivity index (χ4n) is 3.21. The molecule has 116 valence electrons. The lowest BCUT2D eigenvalue weighted by Crippen LogP contribution is -2.47. The first-order valence-corrected chi connectivity index (χ1v) is 8.62. The molecular formula is C18H29N3. The van der Waals surface area contributed by atoms with Gasteiger partial charge in [0.15, 0.2) is 0 Å². The SMILES string of the molecule is CCCNCc1ccccc1N1CCN(CC2CC2)CC1. The van der Waals surface area contributed by atoms with E-state index in [-0.39, 0.29) is 0 Å². The Morgan fingerprint density at radius 3 is 2.57 bits per heavy atom. The van der Waals surface area contributed by atoms with E-state index in [1.807, 2.05) is 0 Å². The van der Waals surface area contributed by atoms with Crippen molar-refractivity contribution >= 4 is 5.69 Å². The highest BCUT2D eigenvalue weighted by Crippen LogP contribution is 2.30. The zero-order chi connectivity index (χ0) is 14.5. The Morgan fingerprint density at radius 2 is 1.86 bits per heavy atom.